The van der Waals surface area contributed by atoms with Crippen molar-refractivity contribution < 1.29 is 4.74 Å². The maximum absolute atomic E-state index is 5.29. The largest absolute Gasteiger partial charge is 0.497 e. The molecule has 1 aromatic rings. The maximum atomic E-state index is 5.29. The lowest BCUT2D eigenvalue weighted by Crippen LogP contribution is -2.29. The summed E-state index contributed by atoms with van der Waals surface area (Å²) in [6, 6.07) is 8.38. The molecule has 102 valence electrons. The van der Waals surface area contributed by atoms with E-state index in [1.54, 1.807) is 7.11 Å². The summed E-state index contributed by atoms with van der Waals surface area (Å²) in [5, 5.41) is 2.03. The van der Waals surface area contributed by atoms with Crippen LogP contribution >= 0.6 is 31.9 Å². The zero-order valence-corrected chi connectivity index (χ0v) is 14.6. The van der Waals surface area contributed by atoms with Crippen LogP contribution < -0.4 is 4.74 Å². The van der Waals surface area contributed by atoms with Crippen LogP contribution in [0.2, 0.25) is 0 Å². The molecule has 1 rings (SSSR count). The third-order valence-corrected chi connectivity index (χ3v) is 5.50. The van der Waals surface area contributed by atoms with Crippen LogP contribution in [0.25, 0.3) is 0 Å². The van der Waals surface area contributed by atoms with E-state index in [-0.39, 0.29) is 5.41 Å². The smallest absolute Gasteiger partial charge is 0.119 e. The van der Waals surface area contributed by atoms with Gasteiger partial charge in [0, 0.05) is 10.7 Å². The van der Waals surface area contributed by atoms with Gasteiger partial charge in [0.25, 0.3) is 0 Å². The fraction of sp³-hybridized carbons (Fsp3) is 0.600. The molecule has 1 nitrogen and oxygen atoms in total. The van der Waals surface area contributed by atoms with Crippen molar-refractivity contribution in [2.75, 3.05) is 17.8 Å². The van der Waals surface area contributed by atoms with Gasteiger partial charge in [0.1, 0.15) is 5.75 Å². The van der Waals surface area contributed by atoms with Gasteiger partial charge in [0.05, 0.1) is 7.11 Å². The molecule has 0 unspecified atom stereocenters. The molecule has 0 aliphatic carbocycles. The van der Waals surface area contributed by atoms with Gasteiger partial charge in [-0.3, -0.25) is 0 Å². The number of halogens is 2. The summed E-state index contributed by atoms with van der Waals surface area (Å²) in [6.45, 7) is 4.57. The Labute approximate surface area is 128 Å². The summed E-state index contributed by atoms with van der Waals surface area (Å²) in [5.41, 5.74) is 1.62. The first kappa shape index (κ1) is 16.0. The Morgan fingerprint density at radius 2 is 1.89 bits per heavy atom. The molecular weight excluding hydrogens is 356 g/mol. The first-order valence-electron chi connectivity index (χ1n) is 6.30. The van der Waals surface area contributed by atoms with Crippen molar-refractivity contribution in [3.63, 3.8) is 0 Å². The summed E-state index contributed by atoms with van der Waals surface area (Å²) in [7, 11) is 1.72. The van der Waals surface area contributed by atoms with Gasteiger partial charge in [-0.15, -0.1) is 0 Å². The van der Waals surface area contributed by atoms with Gasteiger partial charge in [0.15, 0.2) is 0 Å². The van der Waals surface area contributed by atoms with Crippen molar-refractivity contribution in [1.82, 2.24) is 0 Å². The molecule has 0 bridgehead atoms. The SMILES string of the molecule is COc1cccc(CC(CBr)(CBr)CC(C)C)c1. The highest BCUT2D eigenvalue weighted by molar-refractivity contribution is 9.09. The van der Waals surface area contributed by atoms with Crippen molar-refractivity contribution in [3.8, 4) is 5.75 Å². The molecule has 3 heteroatoms. The summed E-state index contributed by atoms with van der Waals surface area (Å²) >= 11 is 7.39. The van der Waals surface area contributed by atoms with Crippen LogP contribution in [0.15, 0.2) is 24.3 Å². The van der Waals surface area contributed by atoms with Crippen LogP contribution in [0.1, 0.15) is 25.8 Å². The molecule has 0 amide bonds. The van der Waals surface area contributed by atoms with Gasteiger partial charge < -0.3 is 4.74 Å². The summed E-state index contributed by atoms with van der Waals surface area (Å²) in [4.78, 5) is 0. The zero-order chi connectivity index (χ0) is 13.6. The fourth-order valence-corrected chi connectivity index (χ4v) is 4.18. The number of hydrogen-bond acceptors (Lipinski definition) is 1. The monoisotopic (exact) mass is 376 g/mol. The Morgan fingerprint density at radius 3 is 2.39 bits per heavy atom. The molecule has 0 saturated carbocycles. The van der Waals surface area contributed by atoms with E-state index >= 15 is 0 Å². The molecule has 0 fully saturated rings. The molecule has 0 atom stereocenters. The third kappa shape index (κ3) is 4.58. The van der Waals surface area contributed by atoms with E-state index in [9.17, 15) is 0 Å². The van der Waals surface area contributed by atoms with E-state index in [0.29, 0.717) is 5.92 Å². The molecule has 0 N–H and O–H groups in total. The average molecular weight is 378 g/mol. The maximum Gasteiger partial charge on any atom is 0.119 e. The molecule has 18 heavy (non-hydrogen) atoms. The van der Waals surface area contributed by atoms with Crippen LogP contribution in [0.5, 0.6) is 5.75 Å². The minimum atomic E-state index is 0.278. The van der Waals surface area contributed by atoms with Crippen molar-refractivity contribution >= 4 is 31.9 Å². The lowest BCUT2D eigenvalue weighted by Gasteiger charge is -2.32. The number of benzene rings is 1. The Kier molecular flexibility index (Phi) is 6.72. The summed E-state index contributed by atoms with van der Waals surface area (Å²) < 4.78 is 5.29. The normalized spacial score (nSPS) is 11.9. The lowest BCUT2D eigenvalue weighted by atomic mass is 9.79. The minimum absolute atomic E-state index is 0.278. The highest BCUT2D eigenvalue weighted by atomic mass is 79.9. The predicted molar refractivity (Wildman–Crippen MR) is 86.2 cm³/mol. The van der Waals surface area contributed by atoms with Crippen LogP contribution in [0, 0.1) is 11.3 Å². The number of rotatable bonds is 7. The minimum Gasteiger partial charge on any atom is -0.497 e. The van der Waals surface area contributed by atoms with Gasteiger partial charge >= 0.3 is 0 Å². The van der Waals surface area contributed by atoms with Crippen LogP contribution in [0.4, 0.5) is 0 Å². The average Bonchev–Trinajstić information content (AvgIpc) is 2.37. The molecule has 0 heterocycles. The van der Waals surface area contributed by atoms with Gasteiger partial charge in [-0.1, -0.05) is 57.8 Å². The Morgan fingerprint density at radius 1 is 1.22 bits per heavy atom. The molecule has 0 aromatic heterocycles. The van der Waals surface area contributed by atoms with Gasteiger partial charge in [-0.2, -0.15) is 0 Å². The summed E-state index contributed by atoms with van der Waals surface area (Å²) in [6.07, 6.45) is 2.28. The van der Waals surface area contributed by atoms with Gasteiger partial charge in [0.2, 0.25) is 0 Å². The fourth-order valence-electron chi connectivity index (χ4n) is 2.39. The van der Waals surface area contributed by atoms with Crippen molar-refractivity contribution in [1.29, 1.82) is 0 Å². The predicted octanol–water partition coefficient (Wildman–Crippen LogP) is 5.06. The molecule has 0 radical (unpaired) electrons. The molecular formula is C15H22Br2O. The highest BCUT2D eigenvalue weighted by Crippen LogP contribution is 2.35. The molecule has 0 aliphatic rings. The van der Waals surface area contributed by atoms with Crippen LogP contribution in [-0.4, -0.2) is 17.8 Å². The van der Waals surface area contributed by atoms with E-state index in [1.165, 1.54) is 12.0 Å². The van der Waals surface area contributed by atoms with Crippen LogP contribution in [-0.2, 0) is 6.42 Å². The lowest BCUT2D eigenvalue weighted by molar-refractivity contribution is 0.304. The standard InChI is InChI=1S/C15H22Br2O/c1-12(2)8-15(10-16,11-17)9-13-5-4-6-14(7-13)18-3/h4-7,12H,8-11H2,1-3H3. The number of ether oxygens (including phenoxy) is 1. The van der Waals surface area contributed by atoms with Crippen LogP contribution in [0.3, 0.4) is 0 Å². The van der Waals surface area contributed by atoms with E-state index < -0.39 is 0 Å². The second-order valence-corrected chi connectivity index (χ2v) is 6.52. The van der Waals surface area contributed by atoms with E-state index in [2.05, 4.69) is 63.9 Å². The van der Waals surface area contributed by atoms with Gasteiger partial charge in [-0.25, -0.2) is 0 Å². The molecule has 1 aromatic carbocycles. The van der Waals surface area contributed by atoms with Crippen molar-refractivity contribution in [2.45, 2.75) is 26.7 Å². The highest BCUT2D eigenvalue weighted by Gasteiger charge is 2.29. The van der Waals surface area contributed by atoms with Crippen molar-refractivity contribution in [2.24, 2.45) is 11.3 Å². The number of methoxy groups -OCH3 is 1. The molecule has 0 saturated heterocycles. The zero-order valence-electron chi connectivity index (χ0n) is 11.4. The first-order valence-corrected chi connectivity index (χ1v) is 8.54. The number of alkyl halides is 2. The first-order chi connectivity index (χ1) is 8.55. The summed E-state index contributed by atoms with van der Waals surface area (Å²) in [5.74, 6) is 1.64. The van der Waals surface area contributed by atoms with Crippen molar-refractivity contribution in [3.05, 3.63) is 29.8 Å². The van der Waals surface area contributed by atoms with E-state index in [0.717, 1.165) is 22.8 Å². The van der Waals surface area contributed by atoms with Gasteiger partial charge in [-0.05, 0) is 41.9 Å². The Hall–Kier alpha value is -0.0200. The van der Waals surface area contributed by atoms with E-state index in [4.69, 9.17) is 4.74 Å². The van der Waals surface area contributed by atoms with E-state index in [1.807, 2.05) is 6.07 Å². The topological polar surface area (TPSA) is 9.23 Å². The second-order valence-electron chi connectivity index (χ2n) is 5.39. The Balaban J connectivity index is 2.88. The number of hydrogen-bond donors (Lipinski definition) is 0. The quantitative estimate of drug-likeness (QED) is 0.603. The molecule has 0 spiro atoms. The Bertz CT molecular complexity index is 359. The third-order valence-electron chi connectivity index (χ3n) is 3.12. The molecule has 0 aliphatic heterocycles. The second kappa shape index (κ2) is 7.54.